The summed E-state index contributed by atoms with van der Waals surface area (Å²) in [5.74, 6) is 0.765. The van der Waals surface area contributed by atoms with E-state index in [1.165, 1.54) is 22.9 Å². The Hall–Kier alpha value is -1.45. The molecule has 20 heavy (non-hydrogen) atoms. The van der Waals surface area contributed by atoms with E-state index in [0.29, 0.717) is 5.17 Å². The summed E-state index contributed by atoms with van der Waals surface area (Å²) in [5.41, 5.74) is 10.5. The zero-order chi connectivity index (χ0) is 14.5. The lowest BCUT2D eigenvalue weighted by atomic mass is 10.1. The fourth-order valence-electron chi connectivity index (χ4n) is 1.74. The fourth-order valence-corrected chi connectivity index (χ4v) is 2.62. The lowest BCUT2D eigenvalue weighted by Crippen LogP contribution is -2.06. The van der Waals surface area contributed by atoms with Crippen molar-refractivity contribution in [2.75, 3.05) is 0 Å². The first-order valence-corrected chi connectivity index (χ1v) is 7.69. The predicted molar refractivity (Wildman–Crippen MR) is 89.9 cm³/mol. The van der Waals surface area contributed by atoms with Gasteiger partial charge in [-0.2, -0.15) is 0 Å². The number of hydrogen-bond acceptors (Lipinski definition) is 2. The van der Waals surface area contributed by atoms with E-state index in [1.807, 2.05) is 36.4 Å². The second-order valence-electron chi connectivity index (χ2n) is 4.64. The summed E-state index contributed by atoms with van der Waals surface area (Å²) in [6, 6.07) is 13.9. The number of nitrogens with two attached hydrogens (primary N) is 1. The van der Waals surface area contributed by atoms with Crippen LogP contribution in [0.1, 0.15) is 16.7 Å². The van der Waals surface area contributed by atoms with E-state index >= 15 is 0 Å². The molecule has 0 atom stereocenters. The SMILES string of the molecule is Cc1ccc(N=C(N)SCc2cccc(Cl)c2)cc1C. The number of amidine groups is 1. The third-order valence-electron chi connectivity index (χ3n) is 3.01. The van der Waals surface area contributed by atoms with Crippen molar-refractivity contribution >= 4 is 34.2 Å². The van der Waals surface area contributed by atoms with E-state index in [2.05, 4.69) is 24.9 Å². The van der Waals surface area contributed by atoms with Crippen LogP contribution in [0.5, 0.6) is 0 Å². The van der Waals surface area contributed by atoms with Crippen molar-refractivity contribution in [3.05, 3.63) is 64.2 Å². The Morgan fingerprint density at radius 1 is 1.15 bits per heavy atom. The molecule has 2 nitrogen and oxygen atoms in total. The summed E-state index contributed by atoms with van der Waals surface area (Å²) in [7, 11) is 0. The van der Waals surface area contributed by atoms with Crippen molar-refractivity contribution in [1.29, 1.82) is 0 Å². The van der Waals surface area contributed by atoms with Gasteiger partial charge in [0.1, 0.15) is 0 Å². The van der Waals surface area contributed by atoms with Crippen LogP contribution in [-0.2, 0) is 5.75 Å². The molecule has 2 rings (SSSR count). The second kappa shape index (κ2) is 6.82. The molecule has 4 heteroatoms. The number of aryl methyl sites for hydroxylation is 2. The van der Waals surface area contributed by atoms with Crippen LogP contribution in [0.3, 0.4) is 0 Å². The fraction of sp³-hybridized carbons (Fsp3) is 0.188. The van der Waals surface area contributed by atoms with Gasteiger partial charge in [0.2, 0.25) is 0 Å². The molecule has 2 aromatic rings. The highest BCUT2D eigenvalue weighted by atomic mass is 35.5. The minimum absolute atomic E-state index is 0.563. The Balaban J connectivity index is 2.02. The molecule has 0 aliphatic rings. The zero-order valence-corrected chi connectivity index (χ0v) is 13.1. The van der Waals surface area contributed by atoms with Gasteiger partial charge in [0.25, 0.3) is 0 Å². The minimum Gasteiger partial charge on any atom is -0.378 e. The van der Waals surface area contributed by atoms with Crippen LogP contribution >= 0.6 is 23.4 Å². The van der Waals surface area contributed by atoms with E-state index in [9.17, 15) is 0 Å². The van der Waals surface area contributed by atoms with E-state index in [-0.39, 0.29) is 0 Å². The monoisotopic (exact) mass is 304 g/mol. The van der Waals surface area contributed by atoms with Crippen molar-refractivity contribution in [2.45, 2.75) is 19.6 Å². The van der Waals surface area contributed by atoms with Gasteiger partial charge in [-0.15, -0.1) is 0 Å². The van der Waals surface area contributed by atoms with Crippen molar-refractivity contribution in [3.8, 4) is 0 Å². The summed E-state index contributed by atoms with van der Waals surface area (Å²) < 4.78 is 0. The van der Waals surface area contributed by atoms with Crippen molar-refractivity contribution in [2.24, 2.45) is 10.7 Å². The van der Waals surface area contributed by atoms with Crippen LogP contribution in [0.2, 0.25) is 5.02 Å². The molecule has 0 amide bonds. The maximum Gasteiger partial charge on any atom is 0.159 e. The van der Waals surface area contributed by atoms with Gasteiger partial charge in [-0.05, 0) is 54.8 Å². The molecule has 104 valence electrons. The Morgan fingerprint density at radius 2 is 1.95 bits per heavy atom. The molecule has 0 spiro atoms. The van der Waals surface area contributed by atoms with Gasteiger partial charge < -0.3 is 5.73 Å². The van der Waals surface area contributed by atoms with Crippen molar-refractivity contribution < 1.29 is 0 Å². The highest BCUT2D eigenvalue weighted by Gasteiger charge is 2.00. The van der Waals surface area contributed by atoms with Crippen molar-refractivity contribution in [3.63, 3.8) is 0 Å². The van der Waals surface area contributed by atoms with E-state index < -0.39 is 0 Å². The molecule has 0 aromatic heterocycles. The maximum absolute atomic E-state index is 5.96. The molecule has 2 N–H and O–H groups in total. The Bertz CT molecular complexity index is 638. The van der Waals surface area contributed by atoms with Crippen LogP contribution in [0, 0.1) is 13.8 Å². The number of thioether (sulfide) groups is 1. The number of benzene rings is 2. The summed E-state index contributed by atoms with van der Waals surface area (Å²) in [6.07, 6.45) is 0. The van der Waals surface area contributed by atoms with Gasteiger partial charge in [-0.3, -0.25) is 0 Å². The molecule has 2 aromatic carbocycles. The number of aliphatic imine (C=N–C) groups is 1. The summed E-state index contributed by atoms with van der Waals surface area (Å²) in [5, 5.41) is 1.31. The quantitative estimate of drug-likeness (QED) is 0.651. The molecule has 0 saturated carbocycles. The molecule has 0 fully saturated rings. The molecular weight excluding hydrogens is 288 g/mol. The molecule has 0 saturated heterocycles. The van der Waals surface area contributed by atoms with E-state index in [1.54, 1.807) is 0 Å². The Labute approximate surface area is 129 Å². The van der Waals surface area contributed by atoms with E-state index in [4.69, 9.17) is 17.3 Å². The average molecular weight is 305 g/mol. The number of rotatable bonds is 3. The summed E-state index contributed by atoms with van der Waals surface area (Å²) in [6.45, 7) is 4.16. The molecular formula is C16H17ClN2S. The number of hydrogen-bond donors (Lipinski definition) is 1. The minimum atomic E-state index is 0.563. The molecule has 0 aliphatic heterocycles. The highest BCUT2D eigenvalue weighted by Crippen LogP contribution is 2.20. The second-order valence-corrected chi connectivity index (χ2v) is 6.07. The van der Waals surface area contributed by atoms with Crippen LogP contribution in [0.25, 0.3) is 0 Å². The standard InChI is InChI=1S/C16H17ClN2S/c1-11-6-7-15(8-12(11)2)19-16(18)20-10-13-4-3-5-14(17)9-13/h3-9H,10H2,1-2H3,(H2,18,19). The first kappa shape index (κ1) is 14.9. The first-order chi connectivity index (χ1) is 9.54. The molecule has 0 bridgehead atoms. The van der Waals surface area contributed by atoms with Crippen LogP contribution in [0.4, 0.5) is 5.69 Å². The Kier molecular flexibility index (Phi) is 5.10. The third kappa shape index (κ3) is 4.29. The lowest BCUT2D eigenvalue weighted by Gasteiger charge is -2.04. The summed E-state index contributed by atoms with van der Waals surface area (Å²) in [4.78, 5) is 4.42. The molecule has 0 heterocycles. The smallest absolute Gasteiger partial charge is 0.159 e. The maximum atomic E-state index is 5.96. The van der Waals surface area contributed by atoms with Crippen LogP contribution in [-0.4, -0.2) is 5.17 Å². The Morgan fingerprint density at radius 3 is 2.65 bits per heavy atom. The van der Waals surface area contributed by atoms with Gasteiger partial charge in [0, 0.05) is 10.8 Å². The molecule has 0 aliphatic carbocycles. The van der Waals surface area contributed by atoms with Gasteiger partial charge in [-0.25, -0.2) is 4.99 Å². The average Bonchev–Trinajstić information content (AvgIpc) is 2.41. The molecule has 0 radical (unpaired) electrons. The van der Waals surface area contributed by atoms with Crippen molar-refractivity contribution in [1.82, 2.24) is 0 Å². The predicted octanol–water partition coefficient (Wildman–Crippen LogP) is 4.84. The number of nitrogens with zero attached hydrogens (tertiary/aromatic N) is 1. The van der Waals surface area contributed by atoms with Crippen LogP contribution in [0.15, 0.2) is 47.5 Å². The highest BCUT2D eigenvalue weighted by molar-refractivity contribution is 8.13. The normalized spacial score (nSPS) is 11.7. The molecule has 0 unspecified atom stereocenters. The van der Waals surface area contributed by atoms with Gasteiger partial charge in [0.05, 0.1) is 5.69 Å². The third-order valence-corrected chi connectivity index (χ3v) is 4.11. The van der Waals surface area contributed by atoms with Crippen LogP contribution < -0.4 is 5.73 Å². The summed E-state index contributed by atoms with van der Waals surface area (Å²) >= 11 is 7.46. The number of halogens is 1. The zero-order valence-electron chi connectivity index (χ0n) is 11.6. The first-order valence-electron chi connectivity index (χ1n) is 6.33. The van der Waals surface area contributed by atoms with E-state index in [0.717, 1.165) is 22.0 Å². The van der Waals surface area contributed by atoms with Gasteiger partial charge >= 0.3 is 0 Å². The van der Waals surface area contributed by atoms with Gasteiger partial charge in [0.15, 0.2) is 5.17 Å². The largest absolute Gasteiger partial charge is 0.378 e. The van der Waals surface area contributed by atoms with Gasteiger partial charge in [-0.1, -0.05) is 41.6 Å². The lowest BCUT2D eigenvalue weighted by molar-refractivity contribution is 1.32. The topological polar surface area (TPSA) is 38.4 Å².